The highest BCUT2D eigenvalue weighted by molar-refractivity contribution is 5.76. The molecule has 22 heavy (non-hydrogen) atoms. The number of halogens is 2. The van der Waals surface area contributed by atoms with Gasteiger partial charge in [-0.2, -0.15) is 0 Å². The van der Waals surface area contributed by atoms with E-state index in [0.717, 1.165) is 12.1 Å². The zero-order valence-corrected chi connectivity index (χ0v) is 11.5. The van der Waals surface area contributed by atoms with Crippen LogP contribution in [0.2, 0.25) is 0 Å². The molecule has 0 radical (unpaired) electrons. The molecule has 0 aromatic heterocycles. The summed E-state index contributed by atoms with van der Waals surface area (Å²) in [6, 6.07) is 2.86. The van der Waals surface area contributed by atoms with Gasteiger partial charge in [0.1, 0.15) is 18.2 Å². The van der Waals surface area contributed by atoms with Crippen LogP contribution >= 0.6 is 0 Å². The minimum atomic E-state index is -1.50. The predicted octanol–water partition coefficient (Wildman–Crippen LogP) is -0.500. The van der Waals surface area contributed by atoms with Gasteiger partial charge in [-0.3, -0.25) is 14.4 Å². The maximum absolute atomic E-state index is 13.3. The highest BCUT2D eigenvalue weighted by Crippen LogP contribution is 2.10. The first-order valence-corrected chi connectivity index (χ1v) is 6.28. The summed E-state index contributed by atoms with van der Waals surface area (Å²) >= 11 is 0. The number of hydrogen-bond donors (Lipinski definition) is 4. The fraction of sp³-hybridized carbons (Fsp3) is 0.385. The fourth-order valence-electron chi connectivity index (χ4n) is 1.54. The number of primary amides is 1. The molecular formula is C13H16F2N2O5. The van der Waals surface area contributed by atoms with E-state index in [1.165, 1.54) is 0 Å². The van der Waals surface area contributed by atoms with Gasteiger partial charge in [0.2, 0.25) is 11.8 Å². The molecule has 0 aliphatic heterocycles. The molecule has 0 saturated heterocycles. The first-order chi connectivity index (χ1) is 10.3. The summed E-state index contributed by atoms with van der Waals surface area (Å²) in [5, 5.41) is 18.8. The second-order valence-electron chi connectivity index (χ2n) is 4.56. The number of amides is 2. The number of rotatable bonds is 8. The molecule has 1 rings (SSSR count). The predicted molar refractivity (Wildman–Crippen MR) is 69.7 cm³/mol. The zero-order chi connectivity index (χ0) is 16.7. The Labute approximate surface area is 124 Å². The van der Waals surface area contributed by atoms with Crippen molar-refractivity contribution in [3.8, 4) is 0 Å². The molecule has 0 aliphatic carbocycles. The normalized spacial score (nSPS) is 13.5. The summed E-state index contributed by atoms with van der Waals surface area (Å²) in [5.41, 5.74) is 6.78. The SMILES string of the molecule is NC(=O)CC(O)C(O)CC(=O)NOCc1ccc(F)cc1F. The standard InChI is InChI=1S/C13H16F2N2O5/c14-8-2-1-7(9(15)3-8)6-22-17-13(21)5-11(19)10(18)4-12(16)20/h1-3,10-11,18-19H,4-6H2,(H2,16,20)(H,17,21). The molecule has 2 unspecified atom stereocenters. The van der Waals surface area contributed by atoms with Gasteiger partial charge in [0.05, 0.1) is 25.0 Å². The molecule has 2 amide bonds. The van der Waals surface area contributed by atoms with Crippen LogP contribution in [-0.2, 0) is 21.0 Å². The van der Waals surface area contributed by atoms with Crippen molar-refractivity contribution in [2.45, 2.75) is 31.7 Å². The van der Waals surface area contributed by atoms with Crippen molar-refractivity contribution in [2.24, 2.45) is 5.73 Å². The molecule has 5 N–H and O–H groups in total. The van der Waals surface area contributed by atoms with Crippen molar-refractivity contribution < 1.29 is 33.4 Å². The number of nitrogens with two attached hydrogens (primary N) is 1. The van der Waals surface area contributed by atoms with E-state index < -0.39 is 48.5 Å². The van der Waals surface area contributed by atoms with Crippen LogP contribution in [0.25, 0.3) is 0 Å². The van der Waals surface area contributed by atoms with Crippen molar-refractivity contribution in [1.29, 1.82) is 0 Å². The Morgan fingerprint density at radius 3 is 2.45 bits per heavy atom. The summed E-state index contributed by atoms with van der Waals surface area (Å²) in [5.74, 6) is -3.18. The van der Waals surface area contributed by atoms with Gasteiger partial charge in [-0.15, -0.1) is 0 Å². The van der Waals surface area contributed by atoms with Crippen LogP contribution in [0.15, 0.2) is 18.2 Å². The lowest BCUT2D eigenvalue weighted by atomic mass is 10.1. The molecule has 0 bridgehead atoms. The lowest BCUT2D eigenvalue weighted by molar-refractivity contribution is -0.139. The van der Waals surface area contributed by atoms with E-state index in [-0.39, 0.29) is 12.2 Å². The van der Waals surface area contributed by atoms with E-state index in [1.807, 2.05) is 5.48 Å². The van der Waals surface area contributed by atoms with Crippen molar-refractivity contribution in [3.63, 3.8) is 0 Å². The molecule has 2 atom stereocenters. The van der Waals surface area contributed by atoms with Crippen LogP contribution in [0.5, 0.6) is 0 Å². The second-order valence-corrected chi connectivity index (χ2v) is 4.56. The van der Waals surface area contributed by atoms with Crippen LogP contribution < -0.4 is 11.2 Å². The summed E-state index contributed by atoms with van der Waals surface area (Å²) in [4.78, 5) is 26.7. The van der Waals surface area contributed by atoms with Crippen LogP contribution in [0.4, 0.5) is 8.78 Å². The fourth-order valence-corrected chi connectivity index (χ4v) is 1.54. The Balaban J connectivity index is 2.35. The third kappa shape index (κ3) is 6.12. The van der Waals surface area contributed by atoms with Crippen molar-refractivity contribution in [1.82, 2.24) is 5.48 Å². The monoisotopic (exact) mass is 318 g/mol. The van der Waals surface area contributed by atoms with Crippen molar-refractivity contribution >= 4 is 11.8 Å². The molecule has 1 aromatic carbocycles. The summed E-state index contributed by atoms with van der Waals surface area (Å²) < 4.78 is 25.9. The third-order valence-corrected chi connectivity index (χ3v) is 2.68. The zero-order valence-electron chi connectivity index (χ0n) is 11.5. The van der Waals surface area contributed by atoms with Crippen LogP contribution in [0.3, 0.4) is 0 Å². The maximum atomic E-state index is 13.3. The number of hydrogen-bond acceptors (Lipinski definition) is 5. The molecule has 0 fully saturated rings. The third-order valence-electron chi connectivity index (χ3n) is 2.68. The van der Waals surface area contributed by atoms with E-state index >= 15 is 0 Å². The lowest BCUT2D eigenvalue weighted by Crippen LogP contribution is -2.36. The van der Waals surface area contributed by atoms with E-state index in [4.69, 9.17) is 10.6 Å². The minimum absolute atomic E-state index is 0.0241. The summed E-state index contributed by atoms with van der Waals surface area (Å²) in [6.45, 7) is -0.349. The average Bonchev–Trinajstić information content (AvgIpc) is 2.40. The molecule has 0 saturated carbocycles. The molecule has 0 spiro atoms. The van der Waals surface area contributed by atoms with Gasteiger partial charge in [0.15, 0.2) is 0 Å². The van der Waals surface area contributed by atoms with Gasteiger partial charge in [0.25, 0.3) is 0 Å². The number of aliphatic hydroxyl groups excluding tert-OH is 2. The van der Waals surface area contributed by atoms with Crippen molar-refractivity contribution in [2.75, 3.05) is 0 Å². The first-order valence-electron chi connectivity index (χ1n) is 6.28. The molecule has 0 heterocycles. The number of aliphatic hydroxyl groups is 2. The number of benzene rings is 1. The first kappa shape index (κ1) is 18.0. The smallest absolute Gasteiger partial charge is 0.246 e. The van der Waals surface area contributed by atoms with E-state index in [0.29, 0.717) is 6.07 Å². The van der Waals surface area contributed by atoms with Crippen LogP contribution in [-0.4, -0.2) is 34.2 Å². The largest absolute Gasteiger partial charge is 0.390 e. The number of hydroxylamine groups is 1. The molecule has 1 aromatic rings. The van der Waals surface area contributed by atoms with E-state index in [1.54, 1.807) is 0 Å². The molecule has 9 heteroatoms. The average molecular weight is 318 g/mol. The quantitative estimate of drug-likeness (QED) is 0.481. The Bertz CT molecular complexity index is 541. The molecule has 122 valence electrons. The lowest BCUT2D eigenvalue weighted by Gasteiger charge is -2.15. The van der Waals surface area contributed by atoms with Crippen LogP contribution in [0.1, 0.15) is 18.4 Å². The van der Waals surface area contributed by atoms with E-state index in [2.05, 4.69) is 0 Å². The van der Waals surface area contributed by atoms with E-state index in [9.17, 15) is 28.6 Å². The Morgan fingerprint density at radius 2 is 1.86 bits per heavy atom. The van der Waals surface area contributed by atoms with Crippen LogP contribution in [0, 0.1) is 11.6 Å². The highest BCUT2D eigenvalue weighted by Gasteiger charge is 2.21. The van der Waals surface area contributed by atoms with Gasteiger partial charge in [-0.1, -0.05) is 6.07 Å². The van der Waals surface area contributed by atoms with Gasteiger partial charge < -0.3 is 15.9 Å². The highest BCUT2D eigenvalue weighted by atomic mass is 19.1. The number of carbonyl (C=O) groups excluding carboxylic acids is 2. The van der Waals surface area contributed by atoms with Gasteiger partial charge in [-0.05, 0) is 6.07 Å². The summed E-state index contributed by atoms with van der Waals surface area (Å²) in [6.07, 6.45) is -4.01. The Hall–Kier alpha value is -2.10. The Kier molecular flexibility index (Phi) is 6.83. The molecule has 7 nitrogen and oxygen atoms in total. The topological polar surface area (TPSA) is 122 Å². The maximum Gasteiger partial charge on any atom is 0.246 e. The van der Waals surface area contributed by atoms with Gasteiger partial charge in [-0.25, -0.2) is 14.3 Å². The number of nitrogens with one attached hydrogen (secondary N) is 1. The molecule has 0 aliphatic rings. The van der Waals surface area contributed by atoms with Crippen molar-refractivity contribution in [3.05, 3.63) is 35.4 Å². The number of carbonyl (C=O) groups is 2. The van der Waals surface area contributed by atoms with Gasteiger partial charge in [0, 0.05) is 11.6 Å². The second kappa shape index (κ2) is 8.37. The molecular weight excluding hydrogens is 302 g/mol. The summed E-state index contributed by atoms with van der Waals surface area (Å²) in [7, 11) is 0. The van der Waals surface area contributed by atoms with Gasteiger partial charge >= 0.3 is 0 Å². The Morgan fingerprint density at radius 1 is 1.23 bits per heavy atom. The minimum Gasteiger partial charge on any atom is -0.390 e.